The molecule has 0 aliphatic rings. The maximum atomic E-state index is 13.4. The molecule has 8 heteroatoms. The smallest absolute Gasteiger partial charge is 0.226 e. The molecular formula is C20H23ClFN5O. The van der Waals surface area contributed by atoms with E-state index in [0.29, 0.717) is 23.8 Å². The lowest BCUT2D eigenvalue weighted by Gasteiger charge is -2.08. The zero-order valence-electron chi connectivity index (χ0n) is 16.4. The second-order valence-corrected chi connectivity index (χ2v) is 7.22. The SMILES string of the molecule is Cc1nn(CCC(=O)Nc2c(C)nn(Cc3cccc(F)c3)c2C)c(C)c1Cl. The number of benzene rings is 1. The van der Waals surface area contributed by atoms with E-state index in [1.165, 1.54) is 12.1 Å². The molecule has 0 bridgehead atoms. The molecule has 1 amide bonds. The zero-order chi connectivity index (χ0) is 20.4. The lowest BCUT2D eigenvalue weighted by atomic mass is 10.2. The van der Waals surface area contributed by atoms with Crippen LogP contribution >= 0.6 is 11.6 Å². The first-order valence-corrected chi connectivity index (χ1v) is 9.42. The molecular weight excluding hydrogens is 381 g/mol. The van der Waals surface area contributed by atoms with Gasteiger partial charge in [-0.05, 0) is 45.4 Å². The molecule has 6 nitrogen and oxygen atoms in total. The Labute approximate surface area is 168 Å². The van der Waals surface area contributed by atoms with Crippen LogP contribution in [0.3, 0.4) is 0 Å². The van der Waals surface area contributed by atoms with Crippen LogP contribution in [0.15, 0.2) is 24.3 Å². The van der Waals surface area contributed by atoms with E-state index < -0.39 is 0 Å². The number of nitrogens with zero attached hydrogens (tertiary/aromatic N) is 4. The minimum absolute atomic E-state index is 0.125. The van der Waals surface area contributed by atoms with E-state index in [2.05, 4.69) is 15.5 Å². The van der Waals surface area contributed by atoms with Gasteiger partial charge in [0.25, 0.3) is 0 Å². The number of anilines is 1. The summed E-state index contributed by atoms with van der Waals surface area (Å²) in [5.74, 6) is -0.406. The average Bonchev–Trinajstić information content (AvgIpc) is 3.04. The van der Waals surface area contributed by atoms with Crippen LogP contribution in [0.4, 0.5) is 10.1 Å². The molecule has 0 aliphatic heterocycles. The van der Waals surface area contributed by atoms with Gasteiger partial charge in [-0.1, -0.05) is 23.7 Å². The van der Waals surface area contributed by atoms with E-state index in [4.69, 9.17) is 11.6 Å². The van der Waals surface area contributed by atoms with Crippen molar-refractivity contribution in [3.63, 3.8) is 0 Å². The summed E-state index contributed by atoms with van der Waals surface area (Å²) >= 11 is 6.15. The minimum Gasteiger partial charge on any atom is -0.323 e. The summed E-state index contributed by atoms with van der Waals surface area (Å²) in [6, 6.07) is 6.40. The van der Waals surface area contributed by atoms with E-state index in [0.717, 1.165) is 28.3 Å². The van der Waals surface area contributed by atoms with Crippen LogP contribution < -0.4 is 5.32 Å². The molecule has 0 unspecified atom stereocenters. The number of hydrogen-bond donors (Lipinski definition) is 1. The highest BCUT2D eigenvalue weighted by Crippen LogP contribution is 2.22. The molecule has 0 radical (unpaired) electrons. The number of rotatable bonds is 6. The first-order valence-electron chi connectivity index (χ1n) is 9.04. The van der Waals surface area contributed by atoms with Gasteiger partial charge in [-0.15, -0.1) is 0 Å². The molecule has 28 heavy (non-hydrogen) atoms. The van der Waals surface area contributed by atoms with Crippen molar-refractivity contribution in [2.45, 2.75) is 47.2 Å². The molecule has 0 atom stereocenters. The predicted molar refractivity (Wildman–Crippen MR) is 107 cm³/mol. The van der Waals surface area contributed by atoms with E-state index >= 15 is 0 Å². The molecule has 0 fully saturated rings. The summed E-state index contributed by atoms with van der Waals surface area (Å²) in [4.78, 5) is 12.4. The lowest BCUT2D eigenvalue weighted by molar-refractivity contribution is -0.116. The molecule has 0 saturated carbocycles. The van der Waals surface area contributed by atoms with Gasteiger partial charge in [-0.25, -0.2) is 4.39 Å². The highest BCUT2D eigenvalue weighted by molar-refractivity contribution is 6.31. The Morgan fingerprint density at radius 3 is 2.46 bits per heavy atom. The van der Waals surface area contributed by atoms with Crippen LogP contribution in [0.5, 0.6) is 0 Å². The Morgan fingerprint density at radius 2 is 1.82 bits per heavy atom. The number of aryl methyl sites for hydroxylation is 3. The summed E-state index contributed by atoms with van der Waals surface area (Å²) in [6.07, 6.45) is 0.270. The standard InChI is InChI=1S/C20H23ClFN5O/c1-12-19(21)14(3)26(24-12)9-8-18(28)23-20-13(2)25-27(15(20)4)11-16-6-5-7-17(22)10-16/h5-7,10H,8-9,11H2,1-4H3,(H,23,28). The third-order valence-corrected chi connectivity index (χ3v) is 5.26. The van der Waals surface area contributed by atoms with Crippen LogP contribution in [-0.2, 0) is 17.9 Å². The maximum absolute atomic E-state index is 13.4. The van der Waals surface area contributed by atoms with Gasteiger partial charge in [-0.3, -0.25) is 14.2 Å². The number of carbonyl (C=O) groups is 1. The predicted octanol–water partition coefficient (Wildman–Crippen LogP) is 4.18. The monoisotopic (exact) mass is 403 g/mol. The van der Waals surface area contributed by atoms with Crippen molar-refractivity contribution >= 4 is 23.2 Å². The van der Waals surface area contributed by atoms with Gasteiger partial charge in [0.15, 0.2) is 0 Å². The summed E-state index contributed by atoms with van der Waals surface area (Å²) in [5.41, 5.74) is 4.64. The molecule has 1 aromatic carbocycles. The largest absolute Gasteiger partial charge is 0.323 e. The molecule has 3 rings (SSSR count). The van der Waals surface area contributed by atoms with Gasteiger partial charge in [0.1, 0.15) is 5.82 Å². The van der Waals surface area contributed by atoms with Gasteiger partial charge < -0.3 is 5.32 Å². The highest BCUT2D eigenvalue weighted by atomic mass is 35.5. The normalized spacial score (nSPS) is 11.1. The molecule has 0 saturated heterocycles. The van der Waals surface area contributed by atoms with Crippen molar-refractivity contribution in [1.29, 1.82) is 0 Å². The Kier molecular flexibility index (Phi) is 5.84. The minimum atomic E-state index is -0.281. The van der Waals surface area contributed by atoms with Crippen LogP contribution in [0, 0.1) is 33.5 Å². The van der Waals surface area contributed by atoms with Crippen LogP contribution in [-0.4, -0.2) is 25.5 Å². The fourth-order valence-electron chi connectivity index (χ4n) is 3.14. The highest BCUT2D eigenvalue weighted by Gasteiger charge is 2.16. The van der Waals surface area contributed by atoms with Gasteiger partial charge in [0, 0.05) is 6.42 Å². The first-order chi connectivity index (χ1) is 13.3. The second kappa shape index (κ2) is 8.14. The van der Waals surface area contributed by atoms with E-state index in [9.17, 15) is 9.18 Å². The summed E-state index contributed by atoms with van der Waals surface area (Å²) in [7, 11) is 0. The van der Waals surface area contributed by atoms with Crippen molar-refractivity contribution < 1.29 is 9.18 Å². The topological polar surface area (TPSA) is 64.7 Å². The Morgan fingerprint density at radius 1 is 1.11 bits per heavy atom. The summed E-state index contributed by atoms with van der Waals surface area (Å²) < 4.78 is 16.9. The number of nitrogens with one attached hydrogen (secondary N) is 1. The molecule has 0 spiro atoms. The third kappa shape index (κ3) is 4.25. The third-order valence-electron chi connectivity index (χ3n) is 4.71. The Bertz CT molecular complexity index is 1020. The fourth-order valence-corrected chi connectivity index (χ4v) is 3.28. The van der Waals surface area contributed by atoms with Gasteiger partial charge in [0.2, 0.25) is 5.91 Å². The first kappa shape index (κ1) is 20.1. The van der Waals surface area contributed by atoms with Gasteiger partial charge in [-0.2, -0.15) is 10.2 Å². The number of amides is 1. The molecule has 2 aromatic heterocycles. The quantitative estimate of drug-likeness (QED) is 0.671. The number of hydrogen-bond acceptors (Lipinski definition) is 3. The maximum Gasteiger partial charge on any atom is 0.226 e. The zero-order valence-corrected chi connectivity index (χ0v) is 17.1. The van der Waals surface area contributed by atoms with Crippen molar-refractivity contribution in [1.82, 2.24) is 19.6 Å². The van der Waals surface area contributed by atoms with E-state index in [-0.39, 0.29) is 18.1 Å². The molecule has 148 valence electrons. The van der Waals surface area contributed by atoms with Gasteiger partial charge >= 0.3 is 0 Å². The van der Waals surface area contributed by atoms with E-state index in [1.807, 2.05) is 33.8 Å². The van der Waals surface area contributed by atoms with Crippen molar-refractivity contribution in [3.8, 4) is 0 Å². The molecule has 3 aromatic rings. The fraction of sp³-hybridized carbons (Fsp3) is 0.350. The number of aromatic nitrogens is 4. The number of halogens is 2. The van der Waals surface area contributed by atoms with Crippen LogP contribution in [0.25, 0.3) is 0 Å². The Hall–Kier alpha value is -2.67. The Balaban J connectivity index is 1.67. The van der Waals surface area contributed by atoms with Gasteiger partial charge in [0.05, 0.1) is 46.6 Å². The van der Waals surface area contributed by atoms with Crippen LogP contribution in [0.2, 0.25) is 5.02 Å². The molecule has 1 N–H and O–H groups in total. The van der Waals surface area contributed by atoms with Crippen LogP contribution in [0.1, 0.15) is 34.8 Å². The molecule has 0 aliphatic carbocycles. The van der Waals surface area contributed by atoms with Crippen molar-refractivity contribution in [3.05, 3.63) is 63.4 Å². The molecule has 2 heterocycles. The van der Waals surface area contributed by atoms with Crippen molar-refractivity contribution in [2.24, 2.45) is 0 Å². The number of carbonyl (C=O) groups excluding carboxylic acids is 1. The lowest BCUT2D eigenvalue weighted by Crippen LogP contribution is -2.16. The average molecular weight is 404 g/mol. The summed E-state index contributed by atoms with van der Waals surface area (Å²) in [6.45, 7) is 8.32. The van der Waals surface area contributed by atoms with E-state index in [1.54, 1.807) is 15.4 Å². The summed E-state index contributed by atoms with van der Waals surface area (Å²) in [5, 5.41) is 12.4. The second-order valence-electron chi connectivity index (χ2n) is 6.84. The van der Waals surface area contributed by atoms with Crippen molar-refractivity contribution in [2.75, 3.05) is 5.32 Å².